The topological polar surface area (TPSA) is 122 Å². The van der Waals surface area contributed by atoms with Gasteiger partial charge in [-0.05, 0) is 61.4 Å². The normalized spacial score (nSPS) is 11.5. The van der Waals surface area contributed by atoms with Crippen molar-refractivity contribution in [3.63, 3.8) is 0 Å². The average Bonchev–Trinajstić information content (AvgIpc) is 2.59. The third-order valence-corrected chi connectivity index (χ3v) is 4.31. The molecule has 0 heterocycles. The fraction of sp³-hybridized carbons (Fsp3) is 0.333. The highest BCUT2D eigenvalue weighted by Gasteiger charge is 2.36. The summed E-state index contributed by atoms with van der Waals surface area (Å²) in [6.07, 6.45) is 0.859. The molecule has 8 N–H and O–H groups in total. The molecule has 2 aromatic carbocycles. The van der Waals surface area contributed by atoms with E-state index in [-0.39, 0.29) is 19.8 Å². The van der Waals surface area contributed by atoms with Gasteiger partial charge in [0.05, 0.1) is 5.54 Å². The minimum Gasteiger partial charge on any atom is -0.399 e. The van der Waals surface area contributed by atoms with Crippen LogP contribution < -0.4 is 22.1 Å². The van der Waals surface area contributed by atoms with Crippen LogP contribution in [0.5, 0.6) is 0 Å². The summed E-state index contributed by atoms with van der Waals surface area (Å²) in [6.45, 7) is 0.220. The summed E-state index contributed by atoms with van der Waals surface area (Å²) in [4.78, 5) is 2.05. The Balaban J connectivity index is 2.59. The van der Waals surface area contributed by atoms with Crippen LogP contribution in [0.2, 0.25) is 0 Å². The van der Waals surface area contributed by atoms with Crippen LogP contribution in [0.1, 0.15) is 12.8 Å². The standard InChI is InChI=1S/C18H26N4O2/c19-13-18(9-11-23,10-12-24)22(16-5-1-14(20)2-6-16)17-7-3-15(21)4-8-17/h1-8,23-24H,9-13,19-21H2. The largest absolute Gasteiger partial charge is 0.399 e. The SMILES string of the molecule is NCC(CCO)(CCO)N(c1ccc(N)cc1)c1ccc(N)cc1. The van der Waals surface area contributed by atoms with Gasteiger partial charge in [0.25, 0.3) is 0 Å². The zero-order valence-electron chi connectivity index (χ0n) is 13.7. The zero-order valence-corrected chi connectivity index (χ0v) is 13.7. The molecule has 0 spiro atoms. The van der Waals surface area contributed by atoms with E-state index in [2.05, 4.69) is 4.90 Å². The number of aliphatic hydroxyl groups is 2. The minimum absolute atomic E-state index is 0.0301. The van der Waals surface area contributed by atoms with Gasteiger partial charge in [-0.15, -0.1) is 0 Å². The molecule has 0 saturated heterocycles. The average molecular weight is 330 g/mol. The molecule has 0 aliphatic rings. The lowest BCUT2D eigenvalue weighted by Gasteiger charge is -2.45. The number of aliphatic hydroxyl groups excluding tert-OH is 2. The summed E-state index contributed by atoms with van der Waals surface area (Å²) < 4.78 is 0. The molecule has 0 radical (unpaired) electrons. The van der Waals surface area contributed by atoms with Crippen LogP contribution in [0.4, 0.5) is 22.7 Å². The molecule has 0 saturated carbocycles. The van der Waals surface area contributed by atoms with E-state index in [1.165, 1.54) is 0 Å². The first-order valence-electron chi connectivity index (χ1n) is 7.99. The van der Waals surface area contributed by atoms with Crippen molar-refractivity contribution >= 4 is 22.7 Å². The van der Waals surface area contributed by atoms with Crippen molar-refractivity contribution in [3.8, 4) is 0 Å². The molecule has 24 heavy (non-hydrogen) atoms. The molecule has 0 unspecified atom stereocenters. The predicted molar refractivity (Wildman–Crippen MR) is 99.0 cm³/mol. The Kier molecular flexibility index (Phi) is 6.03. The first-order valence-corrected chi connectivity index (χ1v) is 7.99. The van der Waals surface area contributed by atoms with E-state index in [0.717, 1.165) is 11.4 Å². The quantitative estimate of drug-likeness (QED) is 0.467. The van der Waals surface area contributed by atoms with Crippen LogP contribution >= 0.6 is 0 Å². The fourth-order valence-electron chi connectivity index (χ4n) is 3.00. The lowest BCUT2D eigenvalue weighted by molar-refractivity contribution is 0.195. The van der Waals surface area contributed by atoms with Crippen LogP contribution in [0, 0.1) is 0 Å². The molecule has 0 aliphatic carbocycles. The van der Waals surface area contributed by atoms with E-state index in [0.29, 0.717) is 24.2 Å². The van der Waals surface area contributed by atoms with Gasteiger partial charge in [-0.3, -0.25) is 0 Å². The van der Waals surface area contributed by atoms with Gasteiger partial charge in [0.15, 0.2) is 0 Å². The Hall–Kier alpha value is -2.28. The Morgan fingerprint density at radius 3 is 1.42 bits per heavy atom. The second kappa shape index (κ2) is 8.01. The van der Waals surface area contributed by atoms with Crippen molar-refractivity contribution in [1.82, 2.24) is 0 Å². The van der Waals surface area contributed by atoms with Crippen LogP contribution in [0.15, 0.2) is 48.5 Å². The highest BCUT2D eigenvalue weighted by atomic mass is 16.3. The first-order chi connectivity index (χ1) is 11.6. The molecule has 0 bridgehead atoms. The molecule has 6 nitrogen and oxygen atoms in total. The van der Waals surface area contributed by atoms with E-state index in [1.54, 1.807) is 0 Å². The van der Waals surface area contributed by atoms with Crippen molar-refractivity contribution in [2.45, 2.75) is 18.4 Å². The monoisotopic (exact) mass is 330 g/mol. The number of rotatable bonds is 8. The molecular formula is C18H26N4O2. The van der Waals surface area contributed by atoms with Gasteiger partial charge in [-0.25, -0.2) is 0 Å². The van der Waals surface area contributed by atoms with Gasteiger partial charge >= 0.3 is 0 Å². The number of anilines is 4. The summed E-state index contributed by atoms with van der Waals surface area (Å²) >= 11 is 0. The number of hydrogen-bond acceptors (Lipinski definition) is 6. The van der Waals surface area contributed by atoms with E-state index in [9.17, 15) is 10.2 Å². The molecule has 2 aromatic rings. The molecule has 0 aromatic heterocycles. The summed E-state index contributed by atoms with van der Waals surface area (Å²) in [6, 6.07) is 14.9. The molecular weight excluding hydrogens is 304 g/mol. The van der Waals surface area contributed by atoms with Crippen molar-refractivity contribution in [2.75, 3.05) is 36.1 Å². The Bertz CT molecular complexity index is 577. The first kappa shape index (κ1) is 18.1. The molecule has 0 amide bonds. The zero-order chi connectivity index (χ0) is 17.6. The van der Waals surface area contributed by atoms with Gasteiger partial charge in [0, 0.05) is 42.5 Å². The summed E-state index contributed by atoms with van der Waals surface area (Å²) in [5.41, 5.74) is 20.2. The Morgan fingerprint density at radius 1 is 0.750 bits per heavy atom. The van der Waals surface area contributed by atoms with Crippen molar-refractivity contribution in [2.24, 2.45) is 5.73 Å². The fourth-order valence-corrected chi connectivity index (χ4v) is 3.00. The number of benzene rings is 2. The minimum atomic E-state index is -0.615. The van der Waals surface area contributed by atoms with E-state index < -0.39 is 5.54 Å². The molecule has 130 valence electrons. The summed E-state index contributed by atoms with van der Waals surface area (Å²) in [5.74, 6) is 0. The molecule has 0 aliphatic heterocycles. The summed E-state index contributed by atoms with van der Waals surface area (Å²) in [7, 11) is 0. The molecule has 0 fully saturated rings. The van der Waals surface area contributed by atoms with E-state index in [1.807, 2.05) is 48.5 Å². The van der Waals surface area contributed by atoms with Gasteiger partial charge in [-0.1, -0.05) is 0 Å². The maximum Gasteiger partial charge on any atom is 0.0616 e. The van der Waals surface area contributed by atoms with Crippen LogP contribution in [-0.4, -0.2) is 35.5 Å². The summed E-state index contributed by atoms with van der Waals surface area (Å²) in [5, 5.41) is 19.2. The van der Waals surface area contributed by atoms with E-state index in [4.69, 9.17) is 17.2 Å². The van der Waals surface area contributed by atoms with E-state index >= 15 is 0 Å². The maximum absolute atomic E-state index is 9.59. The molecule has 2 rings (SSSR count). The second-order valence-corrected chi connectivity index (χ2v) is 5.89. The highest BCUT2D eigenvalue weighted by Crippen LogP contribution is 2.37. The highest BCUT2D eigenvalue weighted by molar-refractivity contribution is 5.68. The third kappa shape index (κ3) is 3.79. The number of nitrogen functional groups attached to an aromatic ring is 2. The van der Waals surface area contributed by atoms with Crippen LogP contribution in [0.25, 0.3) is 0 Å². The Labute approximate surface area is 142 Å². The predicted octanol–water partition coefficient (Wildman–Crippen LogP) is 1.45. The smallest absolute Gasteiger partial charge is 0.0616 e. The maximum atomic E-state index is 9.59. The number of hydrogen-bond donors (Lipinski definition) is 5. The van der Waals surface area contributed by atoms with Gasteiger partial charge in [0.2, 0.25) is 0 Å². The van der Waals surface area contributed by atoms with Crippen molar-refractivity contribution < 1.29 is 10.2 Å². The van der Waals surface area contributed by atoms with Crippen LogP contribution in [0.3, 0.4) is 0 Å². The van der Waals surface area contributed by atoms with Crippen molar-refractivity contribution in [1.29, 1.82) is 0 Å². The third-order valence-electron chi connectivity index (χ3n) is 4.31. The van der Waals surface area contributed by atoms with Crippen molar-refractivity contribution in [3.05, 3.63) is 48.5 Å². The Morgan fingerprint density at radius 2 is 1.12 bits per heavy atom. The van der Waals surface area contributed by atoms with Gasteiger partial charge in [-0.2, -0.15) is 0 Å². The number of nitrogens with zero attached hydrogens (tertiary/aromatic N) is 1. The van der Waals surface area contributed by atoms with Gasteiger partial charge in [0.1, 0.15) is 0 Å². The molecule has 6 heteroatoms. The second-order valence-electron chi connectivity index (χ2n) is 5.89. The van der Waals surface area contributed by atoms with Gasteiger partial charge < -0.3 is 32.3 Å². The lowest BCUT2D eigenvalue weighted by Crippen LogP contribution is -2.53. The molecule has 0 atom stereocenters. The lowest BCUT2D eigenvalue weighted by atomic mass is 9.88. The number of nitrogens with two attached hydrogens (primary N) is 3. The van der Waals surface area contributed by atoms with Crippen LogP contribution in [-0.2, 0) is 0 Å².